The highest BCUT2D eigenvalue weighted by Gasteiger charge is 2.33. The van der Waals surface area contributed by atoms with Crippen LogP contribution in [0.25, 0.3) is 0 Å². The van der Waals surface area contributed by atoms with Gasteiger partial charge in [-0.2, -0.15) is 0 Å². The summed E-state index contributed by atoms with van der Waals surface area (Å²) in [6.45, 7) is 12.5. The molecule has 4 heteroatoms. The van der Waals surface area contributed by atoms with Gasteiger partial charge in [0.05, 0.1) is 19.3 Å². The van der Waals surface area contributed by atoms with Crippen molar-refractivity contribution in [2.75, 3.05) is 39.5 Å². The van der Waals surface area contributed by atoms with Gasteiger partial charge in [0.2, 0.25) is 0 Å². The van der Waals surface area contributed by atoms with E-state index in [0.717, 1.165) is 39.5 Å². The molecule has 2 aliphatic heterocycles. The van der Waals surface area contributed by atoms with Crippen LogP contribution in [0, 0.1) is 0 Å². The van der Waals surface area contributed by atoms with Gasteiger partial charge >= 0.3 is 0 Å². The van der Waals surface area contributed by atoms with Gasteiger partial charge in [-0.15, -0.1) is 0 Å². The molecule has 0 amide bonds. The minimum Gasteiger partial charge on any atom is -0.378 e. The van der Waals surface area contributed by atoms with Gasteiger partial charge in [-0.25, -0.2) is 0 Å². The number of ether oxygens (including phenoxy) is 2. The average molecular weight is 256 g/mol. The van der Waals surface area contributed by atoms with Gasteiger partial charge in [-0.3, -0.25) is 4.90 Å². The maximum absolute atomic E-state index is 5.63. The van der Waals surface area contributed by atoms with Gasteiger partial charge in [0.25, 0.3) is 0 Å². The SMILES string of the molecule is CC(CNCC1CCCO1)N1CCOCC1(C)C. The number of rotatable bonds is 5. The third-order valence-corrected chi connectivity index (χ3v) is 4.08. The molecule has 0 spiro atoms. The molecule has 1 N–H and O–H groups in total. The molecule has 0 radical (unpaired) electrons. The van der Waals surface area contributed by atoms with Crippen molar-refractivity contribution in [1.29, 1.82) is 0 Å². The summed E-state index contributed by atoms with van der Waals surface area (Å²) in [5.41, 5.74) is 0.156. The highest BCUT2D eigenvalue weighted by Crippen LogP contribution is 2.21. The topological polar surface area (TPSA) is 33.7 Å². The Bertz CT molecular complexity index is 252. The van der Waals surface area contributed by atoms with Crippen LogP contribution in [-0.4, -0.2) is 62.0 Å². The van der Waals surface area contributed by atoms with Crippen LogP contribution in [0.2, 0.25) is 0 Å². The molecule has 2 saturated heterocycles. The van der Waals surface area contributed by atoms with E-state index in [1.807, 2.05) is 0 Å². The number of hydrogen-bond donors (Lipinski definition) is 1. The lowest BCUT2D eigenvalue weighted by atomic mass is 10.00. The lowest BCUT2D eigenvalue weighted by molar-refractivity contribution is -0.0684. The minimum absolute atomic E-state index is 0.156. The zero-order valence-electron chi connectivity index (χ0n) is 12.1. The summed E-state index contributed by atoms with van der Waals surface area (Å²) in [4.78, 5) is 2.55. The van der Waals surface area contributed by atoms with Crippen LogP contribution in [0.4, 0.5) is 0 Å². The van der Waals surface area contributed by atoms with Crippen LogP contribution in [0.15, 0.2) is 0 Å². The maximum Gasteiger partial charge on any atom is 0.0700 e. The summed E-state index contributed by atoms with van der Waals surface area (Å²) < 4.78 is 11.2. The third-order valence-electron chi connectivity index (χ3n) is 4.08. The molecule has 2 atom stereocenters. The van der Waals surface area contributed by atoms with Gasteiger partial charge in [-0.1, -0.05) is 0 Å². The molecule has 4 nitrogen and oxygen atoms in total. The van der Waals surface area contributed by atoms with Crippen LogP contribution in [0.1, 0.15) is 33.6 Å². The first kappa shape index (κ1) is 14.3. The van der Waals surface area contributed by atoms with E-state index in [9.17, 15) is 0 Å². The first-order valence-corrected chi connectivity index (χ1v) is 7.26. The van der Waals surface area contributed by atoms with Gasteiger partial charge in [0.1, 0.15) is 0 Å². The second kappa shape index (κ2) is 6.33. The molecule has 2 rings (SSSR count). The molecule has 2 unspecified atom stereocenters. The summed E-state index contributed by atoms with van der Waals surface area (Å²) in [5.74, 6) is 0. The zero-order chi connectivity index (χ0) is 13.0. The quantitative estimate of drug-likeness (QED) is 0.803. The molecule has 0 aliphatic carbocycles. The van der Waals surface area contributed by atoms with Crippen molar-refractivity contribution < 1.29 is 9.47 Å². The predicted octanol–water partition coefficient (Wildman–Crippen LogP) is 1.25. The summed E-state index contributed by atoms with van der Waals surface area (Å²) in [6, 6.07) is 0.547. The first-order chi connectivity index (χ1) is 8.59. The summed E-state index contributed by atoms with van der Waals surface area (Å²) in [6.07, 6.45) is 2.87. The minimum atomic E-state index is 0.156. The fourth-order valence-corrected chi connectivity index (χ4v) is 3.06. The van der Waals surface area contributed by atoms with E-state index in [-0.39, 0.29) is 5.54 Å². The number of nitrogens with one attached hydrogen (secondary N) is 1. The lowest BCUT2D eigenvalue weighted by Crippen LogP contribution is -2.58. The molecule has 2 fully saturated rings. The van der Waals surface area contributed by atoms with Crippen molar-refractivity contribution >= 4 is 0 Å². The van der Waals surface area contributed by atoms with Crippen molar-refractivity contribution in [1.82, 2.24) is 10.2 Å². The summed E-state index contributed by atoms with van der Waals surface area (Å²) in [5, 5.41) is 3.55. The van der Waals surface area contributed by atoms with E-state index in [1.54, 1.807) is 0 Å². The number of morpholine rings is 1. The second-order valence-corrected chi connectivity index (χ2v) is 6.20. The molecule has 2 aliphatic rings. The highest BCUT2D eigenvalue weighted by molar-refractivity contribution is 4.88. The standard InChI is InChI=1S/C14H28N2O2/c1-12(9-15-10-13-5-4-7-18-13)16-6-8-17-11-14(16,2)3/h12-13,15H,4-11H2,1-3H3. The fourth-order valence-electron chi connectivity index (χ4n) is 3.06. The molecule has 0 aromatic carbocycles. The third kappa shape index (κ3) is 3.67. The van der Waals surface area contributed by atoms with Crippen LogP contribution in [-0.2, 0) is 9.47 Å². The Hall–Kier alpha value is -0.160. The Balaban J connectivity index is 1.71. The normalized spacial score (nSPS) is 30.5. The van der Waals surface area contributed by atoms with Crippen molar-refractivity contribution in [3.63, 3.8) is 0 Å². The second-order valence-electron chi connectivity index (χ2n) is 6.20. The van der Waals surface area contributed by atoms with Gasteiger partial charge < -0.3 is 14.8 Å². The Morgan fingerprint density at radius 3 is 2.89 bits per heavy atom. The van der Waals surface area contributed by atoms with Gasteiger partial charge in [-0.05, 0) is 33.6 Å². The molecule has 0 aromatic rings. The van der Waals surface area contributed by atoms with Crippen molar-refractivity contribution in [3.8, 4) is 0 Å². The summed E-state index contributed by atoms with van der Waals surface area (Å²) >= 11 is 0. The molecule has 0 bridgehead atoms. The Morgan fingerprint density at radius 2 is 2.22 bits per heavy atom. The van der Waals surface area contributed by atoms with Crippen LogP contribution in [0.3, 0.4) is 0 Å². The van der Waals surface area contributed by atoms with Crippen molar-refractivity contribution in [3.05, 3.63) is 0 Å². The Morgan fingerprint density at radius 1 is 1.39 bits per heavy atom. The molecular formula is C14H28N2O2. The van der Waals surface area contributed by atoms with Crippen molar-refractivity contribution in [2.24, 2.45) is 0 Å². The predicted molar refractivity (Wildman–Crippen MR) is 72.9 cm³/mol. The highest BCUT2D eigenvalue weighted by atomic mass is 16.5. The first-order valence-electron chi connectivity index (χ1n) is 7.26. The molecule has 0 aromatic heterocycles. The molecule has 18 heavy (non-hydrogen) atoms. The van der Waals surface area contributed by atoms with Crippen LogP contribution in [0.5, 0.6) is 0 Å². The molecular weight excluding hydrogens is 228 g/mol. The average Bonchev–Trinajstić information content (AvgIpc) is 2.81. The van der Waals surface area contributed by atoms with E-state index >= 15 is 0 Å². The van der Waals surface area contributed by atoms with Crippen molar-refractivity contribution in [2.45, 2.75) is 51.3 Å². The van der Waals surface area contributed by atoms with Gasteiger partial charge in [0.15, 0.2) is 0 Å². The van der Waals surface area contributed by atoms with Gasteiger partial charge in [0, 0.05) is 37.8 Å². The van der Waals surface area contributed by atoms with Crippen LogP contribution >= 0.6 is 0 Å². The largest absolute Gasteiger partial charge is 0.378 e. The van der Waals surface area contributed by atoms with Crippen LogP contribution < -0.4 is 5.32 Å². The zero-order valence-corrected chi connectivity index (χ0v) is 12.1. The van der Waals surface area contributed by atoms with E-state index in [1.165, 1.54) is 12.8 Å². The number of hydrogen-bond acceptors (Lipinski definition) is 4. The fraction of sp³-hybridized carbons (Fsp3) is 1.00. The molecule has 106 valence electrons. The Labute approximate surface area is 111 Å². The molecule has 0 saturated carbocycles. The monoisotopic (exact) mass is 256 g/mol. The smallest absolute Gasteiger partial charge is 0.0700 e. The molecule has 2 heterocycles. The van der Waals surface area contributed by atoms with E-state index in [2.05, 4.69) is 31.0 Å². The van der Waals surface area contributed by atoms with E-state index in [4.69, 9.17) is 9.47 Å². The Kier molecular flexibility index (Phi) is 5.01. The maximum atomic E-state index is 5.63. The van der Waals surface area contributed by atoms with E-state index < -0.39 is 0 Å². The number of nitrogens with zero attached hydrogens (tertiary/aromatic N) is 1. The summed E-state index contributed by atoms with van der Waals surface area (Å²) in [7, 11) is 0. The van der Waals surface area contributed by atoms with E-state index in [0.29, 0.717) is 12.1 Å². The lowest BCUT2D eigenvalue weighted by Gasteiger charge is -2.45.